The van der Waals surface area contributed by atoms with Gasteiger partial charge in [-0.1, -0.05) is 0 Å². The third-order valence-electron chi connectivity index (χ3n) is 4.29. The molecular formula is C16H23NO5. The Morgan fingerprint density at radius 3 is 2.45 bits per heavy atom. The standard InChI is InChI=1S/C16H23NO5/c1-9(19)14-12(21-3)5-13(22-4)15(16(14)20)11-7-17(2)6-10(11)8-18/h5,10-11,18,20H,6-8H2,1-4H3. The zero-order valence-electron chi connectivity index (χ0n) is 13.4. The third-order valence-corrected chi connectivity index (χ3v) is 4.29. The number of methoxy groups -OCH3 is 2. The van der Waals surface area contributed by atoms with Gasteiger partial charge in [-0.2, -0.15) is 0 Å². The number of aromatic hydroxyl groups is 1. The number of carbonyl (C=O) groups excluding carboxylic acids is 1. The lowest BCUT2D eigenvalue weighted by molar-refractivity contribution is 0.101. The molecule has 6 nitrogen and oxygen atoms in total. The van der Waals surface area contributed by atoms with Gasteiger partial charge >= 0.3 is 0 Å². The number of hydrogen-bond donors (Lipinski definition) is 2. The van der Waals surface area contributed by atoms with Crippen LogP contribution in [0.2, 0.25) is 0 Å². The molecule has 1 aliphatic rings. The summed E-state index contributed by atoms with van der Waals surface area (Å²) in [6.45, 7) is 2.81. The van der Waals surface area contributed by atoms with Crippen LogP contribution in [0.5, 0.6) is 17.2 Å². The molecule has 1 aliphatic heterocycles. The Labute approximate surface area is 130 Å². The van der Waals surface area contributed by atoms with E-state index >= 15 is 0 Å². The fourth-order valence-corrected chi connectivity index (χ4v) is 3.26. The molecule has 0 spiro atoms. The lowest BCUT2D eigenvalue weighted by Gasteiger charge is -2.23. The number of phenolic OH excluding ortho intramolecular Hbond substituents is 1. The van der Waals surface area contributed by atoms with Crippen LogP contribution in [0.3, 0.4) is 0 Å². The lowest BCUT2D eigenvalue weighted by atomic mass is 9.86. The highest BCUT2D eigenvalue weighted by atomic mass is 16.5. The van der Waals surface area contributed by atoms with Crippen molar-refractivity contribution in [3.8, 4) is 17.2 Å². The van der Waals surface area contributed by atoms with Crippen LogP contribution in [0.4, 0.5) is 0 Å². The second kappa shape index (κ2) is 6.54. The summed E-state index contributed by atoms with van der Waals surface area (Å²) in [4.78, 5) is 14.0. The average molecular weight is 309 g/mol. The third kappa shape index (κ3) is 2.76. The molecule has 0 bridgehead atoms. The summed E-state index contributed by atoms with van der Waals surface area (Å²) < 4.78 is 10.6. The molecule has 2 atom stereocenters. The van der Waals surface area contributed by atoms with Crippen LogP contribution in [0.25, 0.3) is 0 Å². The number of nitrogens with zero attached hydrogens (tertiary/aromatic N) is 1. The van der Waals surface area contributed by atoms with Crippen LogP contribution in [-0.2, 0) is 0 Å². The number of Topliss-reactive ketones (excluding diaryl/α,β-unsaturated/α-hetero) is 1. The molecule has 0 saturated carbocycles. The van der Waals surface area contributed by atoms with Crippen molar-refractivity contribution in [3.05, 3.63) is 17.2 Å². The number of rotatable bonds is 5. The molecule has 0 aromatic heterocycles. The quantitative estimate of drug-likeness (QED) is 0.797. The van der Waals surface area contributed by atoms with E-state index in [-0.39, 0.29) is 41.3 Å². The molecule has 1 fully saturated rings. The van der Waals surface area contributed by atoms with E-state index in [1.54, 1.807) is 6.07 Å². The first-order valence-corrected chi connectivity index (χ1v) is 7.22. The Morgan fingerprint density at radius 1 is 1.32 bits per heavy atom. The molecule has 22 heavy (non-hydrogen) atoms. The molecule has 1 saturated heterocycles. The number of ketones is 1. The van der Waals surface area contributed by atoms with Crippen LogP contribution in [-0.4, -0.2) is 61.9 Å². The average Bonchev–Trinajstić information content (AvgIpc) is 2.85. The zero-order valence-corrected chi connectivity index (χ0v) is 13.4. The highest BCUT2D eigenvalue weighted by Crippen LogP contribution is 2.46. The Bertz CT molecular complexity index is 572. The molecule has 1 aromatic rings. The summed E-state index contributed by atoms with van der Waals surface area (Å²) in [5.41, 5.74) is 0.724. The topological polar surface area (TPSA) is 79.2 Å². The summed E-state index contributed by atoms with van der Waals surface area (Å²) in [6.07, 6.45) is 0. The molecule has 0 amide bonds. The van der Waals surface area contributed by atoms with Gasteiger partial charge < -0.3 is 24.6 Å². The highest BCUT2D eigenvalue weighted by molar-refractivity contribution is 6.00. The molecule has 1 aromatic carbocycles. The molecular weight excluding hydrogens is 286 g/mol. The molecule has 2 rings (SSSR count). The van der Waals surface area contributed by atoms with Crippen molar-refractivity contribution in [1.82, 2.24) is 4.90 Å². The molecule has 6 heteroatoms. The predicted molar refractivity (Wildman–Crippen MR) is 82.0 cm³/mol. The molecule has 2 unspecified atom stereocenters. The van der Waals surface area contributed by atoms with Crippen LogP contribution < -0.4 is 9.47 Å². The minimum Gasteiger partial charge on any atom is -0.507 e. The largest absolute Gasteiger partial charge is 0.507 e. The number of aliphatic hydroxyl groups is 1. The second-order valence-electron chi connectivity index (χ2n) is 5.74. The van der Waals surface area contributed by atoms with Crippen molar-refractivity contribution in [2.75, 3.05) is 41.0 Å². The van der Waals surface area contributed by atoms with E-state index in [2.05, 4.69) is 4.90 Å². The van der Waals surface area contributed by atoms with E-state index in [1.165, 1.54) is 21.1 Å². The van der Waals surface area contributed by atoms with Crippen molar-refractivity contribution >= 4 is 5.78 Å². The molecule has 2 N–H and O–H groups in total. The predicted octanol–water partition coefficient (Wildman–Crippen LogP) is 1.25. The van der Waals surface area contributed by atoms with Gasteiger partial charge in [-0.25, -0.2) is 0 Å². The Kier molecular flexibility index (Phi) is 4.93. The summed E-state index contributed by atoms with van der Waals surface area (Å²) in [5.74, 6) is 0.259. The monoisotopic (exact) mass is 309 g/mol. The van der Waals surface area contributed by atoms with Gasteiger partial charge in [0.15, 0.2) is 5.78 Å². The summed E-state index contributed by atoms with van der Waals surface area (Å²) >= 11 is 0. The van der Waals surface area contributed by atoms with E-state index in [0.717, 1.165) is 6.54 Å². The minimum atomic E-state index is -0.273. The van der Waals surface area contributed by atoms with Crippen molar-refractivity contribution in [2.45, 2.75) is 12.8 Å². The number of hydrogen-bond acceptors (Lipinski definition) is 6. The van der Waals surface area contributed by atoms with Crippen molar-refractivity contribution in [1.29, 1.82) is 0 Å². The number of benzene rings is 1. The van der Waals surface area contributed by atoms with Crippen LogP contribution >= 0.6 is 0 Å². The number of aliphatic hydroxyl groups excluding tert-OH is 1. The maximum absolute atomic E-state index is 11.9. The fraction of sp³-hybridized carbons (Fsp3) is 0.562. The van der Waals surface area contributed by atoms with E-state index in [1.807, 2.05) is 7.05 Å². The molecule has 0 aliphatic carbocycles. The van der Waals surface area contributed by atoms with Gasteiger partial charge in [0.05, 0.1) is 14.2 Å². The second-order valence-corrected chi connectivity index (χ2v) is 5.74. The molecule has 0 radical (unpaired) electrons. The number of likely N-dealkylation sites (tertiary alicyclic amines) is 1. The van der Waals surface area contributed by atoms with Gasteiger partial charge in [0.25, 0.3) is 0 Å². The highest BCUT2D eigenvalue weighted by Gasteiger charge is 2.37. The minimum absolute atomic E-state index is 0.0129. The van der Waals surface area contributed by atoms with E-state index in [0.29, 0.717) is 17.9 Å². The zero-order chi connectivity index (χ0) is 16.4. The maximum atomic E-state index is 11.9. The van der Waals surface area contributed by atoms with Gasteiger partial charge in [-0.15, -0.1) is 0 Å². The van der Waals surface area contributed by atoms with E-state index in [9.17, 15) is 15.0 Å². The fourth-order valence-electron chi connectivity index (χ4n) is 3.26. The number of phenols is 1. The van der Waals surface area contributed by atoms with Crippen molar-refractivity contribution in [3.63, 3.8) is 0 Å². The van der Waals surface area contributed by atoms with Crippen molar-refractivity contribution < 1.29 is 24.5 Å². The summed E-state index contributed by atoms with van der Waals surface area (Å²) in [6, 6.07) is 1.62. The Hall–Kier alpha value is -1.79. The Morgan fingerprint density at radius 2 is 1.95 bits per heavy atom. The van der Waals surface area contributed by atoms with Gasteiger partial charge in [-0.3, -0.25) is 4.79 Å². The first-order chi connectivity index (χ1) is 10.4. The SMILES string of the molecule is COc1cc(OC)c(C2CN(C)CC2CO)c(O)c1C(C)=O. The van der Waals surface area contributed by atoms with Crippen LogP contribution in [0.15, 0.2) is 6.07 Å². The van der Waals surface area contributed by atoms with Gasteiger partial charge in [0, 0.05) is 43.2 Å². The van der Waals surface area contributed by atoms with Crippen LogP contribution in [0.1, 0.15) is 28.8 Å². The number of likely N-dealkylation sites (N-methyl/N-ethyl adjacent to an activating group) is 1. The van der Waals surface area contributed by atoms with E-state index < -0.39 is 0 Å². The molecule has 122 valence electrons. The number of carbonyl (C=O) groups is 1. The lowest BCUT2D eigenvalue weighted by Crippen LogP contribution is -2.17. The van der Waals surface area contributed by atoms with E-state index in [4.69, 9.17) is 9.47 Å². The number of ether oxygens (including phenoxy) is 2. The molecule has 1 heterocycles. The summed E-state index contributed by atoms with van der Waals surface area (Å²) in [7, 11) is 4.92. The van der Waals surface area contributed by atoms with Gasteiger partial charge in [-0.05, 0) is 14.0 Å². The van der Waals surface area contributed by atoms with Crippen LogP contribution in [0, 0.1) is 5.92 Å². The van der Waals surface area contributed by atoms with Gasteiger partial charge in [0.1, 0.15) is 22.8 Å². The maximum Gasteiger partial charge on any atom is 0.167 e. The Balaban J connectivity index is 2.64. The van der Waals surface area contributed by atoms with Crippen molar-refractivity contribution in [2.24, 2.45) is 5.92 Å². The smallest absolute Gasteiger partial charge is 0.167 e. The first-order valence-electron chi connectivity index (χ1n) is 7.22. The first kappa shape index (κ1) is 16.6. The summed E-state index contributed by atoms with van der Waals surface area (Å²) in [5, 5.41) is 20.3. The van der Waals surface area contributed by atoms with Gasteiger partial charge in [0.2, 0.25) is 0 Å². The normalized spacial score (nSPS) is 21.9.